The summed E-state index contributed by atoms with van der Waals surface area (Å²) in [5.74, 6) is -9.68. The first-order valence-corrected chi connectivity index (χ1v) is 11.2. The van der Waals surface area contributed by atoms with Gasteiger partial charge in [-0.3, -0.25) is 14.4 Å². The number of aliphatic hydroxyl groups is 4. The number of rotatable bonds is 2. The average Bonchev–Trinajstić information content (AvgIpc) is 2.82. The highest BCUT2D eigenvalue weighted by Crippen LogP contribution is 2.56. The third-order valence-electron chi connectivity index (χ3n) is 7.66. The van der Waals surface area contributed by atoms with E-state index in [4.69, 9.17) is 5.73 Å². The van der Waals surface area contributed by atoms with Gasteiger partial charge in [0.2, 0.25) is 5.78 Å². The van der Waals surface area contributed by atoms with Crippen molar-refractivity contribution in [3.8, 4) is 16.9 Å². The molecule has 0 heterocycles. The predicted octanol–water partition coefficient (Wildman–Crippen LogP) is 1.76. The highest BCUT2D eigenvalue weighted by molar-refractivity contribution is 6.23. The molecule has 10 heteroatoms. The van der Waals surface area contributed by atoms with Crippen LogP contribution in [0, 0.1) is 17.7 Å². The Kier molecular flexibility index (Phi) is 5.10. The fourth-order valence-corrected chi connectivity index (χ4v) is 5.86. The van der Waals surface area contributed by atoms with Crippen molar-refractivity contribution in [2.45, 2.75) is 31.0 Å². The van der Waals surface area contributed by atoms with Gasteiger partial charge in [0, 0.05) is 29.4 Å². The highest BCUT2D eigenvalue weighted by atomic mass is 19.1. The van der Waals surface area contributed by atoms with Crippen LogP contribution in [0.25, 0.3) is 16.9 Å². The van der Waals surface area contributed by atoms with Gasteiger partial charge in [0.15, 0.2) is 11.4 Å². The number of aromatic hydroxyl groups is 1. The lowest BCUT2D eigenvalue weighted by molar-refractivity contribution is -0.160. The van der Waals surface area contributed by atoms with Gasteiger partial charge in [0.1, 0.15) is 28.7 Å². The molecule has 0 aliphatic heterocycles. The number of nitrogens with two attached hydrogens (primary N) is 1. The summed E-state index contributed by atoms with van der Waals surface area (Å²) in [6, 6.07) is 8.38. The molecule has 0 spiro atoms. The first kappa shape index (κ1) is 23.7. The summed E-state index contributed by atoms with van der Waals surface area (Å²) in [5, 5.41) is 55.5. The van der Waals surface area contributed by atoms with Crippen LogP contribution >= 0.6 is 0 Å². The van der Waals surface area contributed by atoms with Crippen LogP contribution in [0.1, 0.15) is 30.4 Å². The van der Waals surface area contributed by atoms with Crippen LogP contribution in [0.5, 0.6) is 5.75 Å². The second-order valence-electron chi connectivity index (χ2n) is 9.42. The van der Waals surface area contributed by atoms with Crippen molar-refractivity contribution in [1.82, 2.24) is 0 Å². The van der Waals surface area contributed by atoms with Crippen LogP contribution in [0.2, 0.25) is 0 Å². The molecule has 1 saturated carbocycles. The van der Waals surface area contributed by atoms with Gasteiger partial charge in [0.05, 0.1) is 11.7 Å². The number of hydrogen-bond donors (Lipinski definition) is 6. The van der Waals surface area contributed by atoms with Crippen molar-refractivity contribution in [1.29, 1.82) is 0 Å². The normalized spacial score (nSPS) is 29.6. The Labute approximate surface area is 203 Å². The Balaban J connectivity index is 1.75. The van der Waals surface area contributed by atoms with Crippen molar-refractivity contribution in [3.05, 3.63) is 70.2 Å². The van der Waals surface area contributed by atoms with Crippen LogP contribution in [-0.4, -0.2) is 54.7 Å². The maximum Gasteiger partial charge on any atom is 0.255 e. The van der Waals surface area contributed by atoms with Crippen LogP contribution < -0.4 is 5.73 Å². The molecule has 36 heavy (non-hydrogen) atoms. The smallest absolute Gasteiger partial charge is 0.255 e. The number of ketones is 2. The molecule has 2 aromatic rings. The van der Waals surface area contributed by atoms with E-state index in [2.05, 4.69) is 0 Å². The van der Waals surface area contributed by atoms with Gasteiger partial charge in [-0.05, 0) is 29.2 Å². The number of aliphatic hydroxyl groups excluding tert-OH is 3. The summed E-state index contributed by atoms with van der Waals surface area (Å²) < 4.78 is 13.4. The number of fused-ring (bicyclic) bond motifs is 3. The van der Waals surface area contributed by atoms with Gasteiger partial charge in [0.25, 0.3) is 5.91 Å². The molecular formula is C26H22FNO8. The zero-order valence-electron chi connectivity index (χ0n) is 18.9. The van der Waals surface area contributed by atoms with Crippen LogP contribution in [-0.2, 0) is 14.4 Å². The maximum atomic E-state index is 13.7. The van der Waals surface area contributed by atoms with Gasteiger partial charge in [-0.2, -0.15) is 0 Å². The number of hydrogen-bond acceptors (Lipinski definition) is 8. The van der Waals surface area contributed by atoms with Crippen molar-refractivity contribution in [2.24, 2.45) is 17.6 Å². The lowest BCUT2D eigenvalue weighted by atomic mass is 9.55. The molecule has 0 aromatic heterocycles. The Morgan fingerprint density at radius 2 is 1.72 bits per heavy atom. The van der Waals surface area contributed by atoms with E-state index in [1.807, 2.05) is 0 Å². The van der Waals surface area contributed by atoms with Gasteiger partial charge in [-0.25, -0.2) is 4.39 Å². The van der Waals surface area contributed by atoms with E-state index in [1.165, 1.54) is 24.3 Å². The molecular weight excluding hydrogens is 473 g/mol. The number of phenols is 1. The first-order valence-electron chi connectivity index (χ1n) is 11.2. The van der Waals surface area contributed by atoms with Crippen LogP contribution in [0.15, 0.2) is 53.3 Å². The first-order chi connectivity index (χ1) is 16.9. The fraction of sp³-hybridized carbons (Fsp3) is 0.269. The Morgan fingerprint density at radius 3 is 2.33 bits per heavy atom. The number of amides is 1. The predicted molar refractivity (Wildman–Crippen MR) is 123 cm³/mol. The quantitative estimate of drug-likeness (QED) is 0.341. The molecule has 0 unspecified atom stereocenters. The number of phenolic OH excluding ortho intramolecular Hbond substituents is 1. The fourth-order valence-electron chi connectivity index (χ4n) is 5.86. The highest BCUT2D eigenvalue weighted by Gasteiger charge is 2.64. The number of carbonyl (C=O) groups excluding carboxylic acids is 3. The second-order valence-corrected chi connectivity index (χ2v) is 9.42. The molecule has 186 valence electrons. The number of primary amides is 1. The average molecular weight is 495 g/mol. The Bertz CT molecular complexity index is 1430. The molecule has 5 rings (SSSR count). The van der Waals surface area contributed by atoms with Crippen molar-refractivity contribution >= 4 is 23.2 Å². The molecule has 0 radical (unpaired) electrons. The van der Waals surface area contributed by atoms with Crippen molar-refractivity contribution in [3.63, 3.8) is 0 Å². The molecule has 5 atom stereocenters. The summed E-state index contributed by atoms with van der Waals surface area (Å²) in [5.41, 5.74) is 1.80. The molecule has 1 amide bonds. The Hall–Kier alpha value is -4.02. The van der Waals surface area contributed by atoms with E-state index >= 15 is 0 Å². The van der Waals surface area contributed by atoms with Gasteiger partial charge < -0.3 is 31.3 Å². The molecule has 0 saturated heterocycles. The topological polar surface area (TPSA) is 178 Å². The molecule has 7 N–H and O–H groups in total. The number of halogens is 1. The van der Waals surface area contributed by atoms with Crippen molar-refractivity contribution < 1.29 is 44.3 Å². The Morgan fingerprint density at radius 1 is 1.08 bits per heavy atom. The van der Waals surface area contributed by atoms with E-state index in [1.54, 1.807) is 19.1 Å². The minimum absolute atomic E-state index is 0.122. The van der Waals surface area contributed by atoms with E-state index in [9.17, 15) is 44.3 Å². The minimum Gasteiger partial charge on any atom is -0.508 e. The summed E-state index contributed by atoms with van der Waals surface area (Å²) in [6.45, 7) is 1.64. The summed E-state index contributed by atoms with van der Waals surface area (Å²) >= 11 is 0. The summed E-state index contributed by atoms with van der Waals surface area (Å²) in [6.07, 6.45) is -2.22. The number of Topliss-reactive ketones (excluding diaryl/α,β-unsaturated/α-hetero) is 2. The lowest BCUT2D eigenvalue weighted by Crippen LogP contribution is -2.63. The molecule has 9 nitrogen and oxygen atoms in total. The zero-order valence-corrected chi connectivity index (χ0v) is 18.9. The van der Waals surface area contributed by atoms with E-state index < -0.39 is 87.6 Å². The molecule has 2 aromatic carbocycles. The van der Waals surface area contributed by atoms with Gasteiger partial charge in [-0.1, -0.05) is 31.2 Å². The molecule has 3 aliphatic carbocycles. The van der Waals surface area contributed by atoms with Crippen molar-refractivity contribution in [2.75, 3.05) is 0 Å². The van der Waals surface area contributed by atoms with Gasteiger partial charge >= 0.3 is 0 Å². The zero-order chi connectivity index (χ0) is 26.3. The maximum absolute atomic E-state index is 13.7. The SMILES string of the molecule is C[C@H]1c2ccc(-c3ccc(F)cc3)c(O)c2C(O)=C2C(=O)[C@]3(O)C(O)=C(C(N)=O)C(=O)C[C@@H]3[C@@H](O)[C@@H]21. The minimum atomic E-state index is -2.89. The number of carbonyl (C=O) groups is 3. The lowest BCUT2D eigenvalue weighted by Gasteiger charge is -2.50. The third kappa shape index (κ3) is 2.91. The van der Waals surface area contributed by atoms with Crippen LogP contribution in [0.3, 0.4) is 0 Å². The monoisotopic (exact) mass is 495 g/mol. The standard InChI is InChI=1S/C26H22FNO8/c1-9-12-6-7-13(10-2-4-11(27)5-3-10)20(30)17(12)22(32)19-16(9)21(31)14-8-15(29)18(25(28)35)23(33)26(14,36)24(19)34/h2-7,9,14,16,21,30-33,36H,8H2,1H3,(H2,28,35)/t9-,14+,16+,21+,26+/m0/s1. The van der Waals surface area contributed by atoms with Crippen LogP contribution in [0.4, 0.5) is 4.39 Å². The largest absolute Gasteiger partial charge is 0.508 e. The summed E-state index contributed by atoms with van der Waals surface area (Å²) in [7, 11) is 0. The molecule has 0 bridgehead atoms. The number of benzene rings is 2. The van der Waals surface area contributed by atoms with E-state index in [0.29, 0.717) is 11.1 Å². The molecule has 1 fully saturated rings. The van der Waals surface area contributed by atoms with Gasteiger partial charge in [-0.15, -0.1) is 0 Å². The van der Waals surface area contributed by atoms with E-state index in [-0.39, 0.29) is 11.1 Å². The molecule has 3 aliphatic rings. The third-order valence-corrected chi connectivity index (χ3v) is 7.66. The summed E-state index contributed by atoms with van der Waals surface area (Å²) in [4.78, 5) is 37.9. The van der Waals surface area contributed by atoms with E-state index in [0.717, 1.165) is 0 Å². The second kappa shape index (κ2) is 7.74.